The monoisotopic (exact) mass is 445 g/mol. The minimum Gasteiger partial charge on any atom is -0.486 e. The molecule has 30 heavy (non-hydrogen) atoms. The lowest BCUT2D eigenvalue weighted by molar-refractivity contribution is -0.116. The summed E-state index contributed by atoms with van der Waals surface area (Å²) in [6.45, 7) is 7.58. The lowest BCUT2D eigenvalue weighted by Gasteiger charge is -2.25. The largest absolute Gasteiger partial charge is 0.486 e. The Hall–Kier alpha value is -2.59. The fourth-order valence-corrected chi connectivity index (χ4v) is 4.60. The maximum absolute atomic E-state index is 13.3. The first-order valence-electron chi connectivity index (χ1n) is 9.56. The topological polar surface area (TPSA) is 82.4 Å². The highest BCUT2D eigenvalue weighted by Crippen LogP contribution is 2.35. The molecule has 8 nitrogen and oxygen atoms in total. The van der Waals surface area contributed by atoms with E-state index in [9.17, 15) is 4.79 Å². The quantitative estimate of drug-likeness (QED) is 0.536. The van der Waals surface area contributed by atoms with Gasteiger partial charge in [-0.3, -0.25) is 4.79 Å². The summed E-state index contributed by atoms with van der Waals surface area (Å²) in [5.41, 5.74) is 0.509. The zero-order chi connectivity index (χ0) is 21.1. The third-order valence-corrected chi connectivity index (χ3v) is 6.20. The lowest BCUT2D eigenvalue weighted by atomic mass is 10.1. The van der Waals surface area contributed by atoms with Gasteiger partial charge in [-0.2, -0.15) is 0 Å². The smallest absolute Gasteiger partial charge is 0.237 e. The molecule has 0 unspecified atom stereocenters. The van der Waals surface area contributed by atoms with Crippen LogP contribution in [0, 0.1) is 0 Å². The summed E-state index contributed by atoms with van der Waals surface area (Å²) in [4.78, 5) is 16.1. The zero-order valence-electron chi connectivity index (χ0n) is 17.1. The van der Waals surface area contributed by atoms with Crippen LogP contribution >= 0.6 is 23.1 Å². The molecule has 10 heteroatoms. The predicted molar refractivity (Wildman–Crippen MR) is 116 cm³/mol. The highest BCUT2D eigenvalue weighted by Gasteiger charge is 2.24. The van der Waals surface area contributed by atoms with E-state index in [4.69, 9.17) is 9.47 Å². The fourth-order valence-electron chi connectivity index (χ4n) is 2.98. The summed E-state index contributed by atoms with van der Waals surface area (Å²) in [6, 6.07) is 9.62. The van der Waals surface area contributed by atoms with Crippen molar-refractivity contribution in [1.82, 2.24) is 20.2 Å². The summed E-state index contributed by atoms with van der Waals surface area (Å²) >= 11 is 2.96. The molecule has 0 spiro atoms. The van der Waals surface area contributed by atoms with Crippen molar-refractivity contribution in [3.63, 3.8) is 0 Å². The number of rotatable bonds is 6. The van der Waals surface area contributed by atoms with E-state index in [0.29, 0.717) is 36.4 Å². The Balaban J connectivity index is 1.55. The number of ether oxygens (including phenoxy) is 2. The number of carbonyl (C=O) groups excluding carboxylic acids is 1. The van der Waals surface area contributed by atoms with E-state index in [1.165, 1.54) is 11.8 Å². The van der Waals surface area contributed by atoms with Gasteiger partial charge in [-0.1, -0.05) is 17.8 Å². The molecule has 0 atom stereocenters. The molecule has 0 fully saturated rings. The van der Waals surface area contributed by atoms with Crippen LogP contribution in [0.1, 0.15) is 25.6 Å². The summed E-state index contributed by atoms with van der Waals surface area (Å²) in [6.07, 6.45) is 0. The Morgan fingerprint density at radius 3 is 2.77 bits per heavy atom. The third-order valence-electron chi connectivity index (χ3n) is 4.43. The summed E-state index contributed by atoms with van der Waals surface area (Å²) in [5.74, 6) is 1.55. The number of thioether (sulfide) groups is 1. The molecular weight excluding hydrogens is 422 g/mol. The van der Waals surface area contributed by atoms with Gasteiger partial charge in [0.15, 0.2) is 11.5 Å². The molecule has 1 aliphatic heterocycles. The van der Waals surface area contributed by atoms with Gasteiger partial charge in [0.2, 0.25) is 11.1 Å². The van der Waals surface area contributed by atoms with Crippen molar-refractivity contribution >= 4 is 34.7 Å². The number of nitrogens with zero attached hydrogens (tertiary/aromatic N) is 5. The summed E-state index contributed by atoms with van der Waals surface area (Å²) in [5, 5.41) is 14.5. The average molecular weight is 446 g/mol. The maximum atomic E-state index is 13.3. The van der Waals surface area contributed by atoms with E-state index >= 15 is 0 Å². The van der Waals surface area contributed by atoms with E-state index in [0.717, 1.165) is 10.6 Å². The van der Waals surface area contributed by atoms with Crippen LogP contribution in [-0.2, 0) is 16.9 Å². The van der Waals surface area contributed by atoms with Gasteiger partial charge in [-0.15, -0.1) is 16.4 Å². The number of thiophene rings is 1. The van der Waals surface area contributed by atoms with Gasteiger partial charge in [0.1, 0.15) is 13.2 Å². The molecule has 4 rings (SSSR count). The van der Waals surface area contributed by atoms with Gasteiger partial charge in [0, 0.05) is 16.6 Å². The lowest BCUT2D eigenvalue weighted by Crippen LogP contribution is -2.32. The average Bonchev–Trinajstić information content (AvgIpc) is 3.41. The molecule has 0 aliphatic carbocycles. The molecule has 3 heterocycles. The molecule has 0 saturated carbocycles. The van der Waals surface area contributed by atoms with Crippen LogP contribution in [-0.4, -0.2) is 45.1 Å². The predicted octanol–water partition coefficient (Wildman–Crippen LogP) is 3.59. The highest BCUT2D eigenvalue weighted by atomic mass is 32.2. The van der Waals surface area contributed by atoms with E-state index in [1.807, 2.05) is 56.5 Å². The van der Waals surface area contributed by atoms with Gasteiger partial charge in [-0.05, 0) is 54.8 Å². The molecule has 3 aromatic rings. The van der Waals surface area contributed by atoms with Crippen LogP contribution in [0.25, 0.3) is 0 Å². The molecule has 0 saturated heterocycles. The second kappa shape index (κ2) is 8.65. The van der Waals surface area contributed by atoms with Gasteiger partial charge in [-0.25, -0.2) is 4.68 Å². The standard InChI is InChI=1S/C20H23N5O3S2/c1-20(2,3)25-19(21-22-23-25)30-13-18(26)24(12-15-5-4-10-29-15)14-6-7-16-17(11-14)28-9-8-27-16/h4-7,10-11H,8-9,12-13H2,1-3H3. The molecule has 1 aromatic carbocycles. The van der Waals surface area contributed by atoms with Crippen LogP contribution in [0.2, 0.25) is 0 Å². The number of carbonyl (C=O) groups is 1. The second-order valence-electron chi connectivity index (χ2n) is 7.72. The van der Waals surface area contributed by atoms with Crippen LogP contribution in [0.5, 0.6) is 11.5 Å². The third kappa shape index (κ3) is 4.59. The molecule has 1 aliphatic rings. The van der Waals surface area contributed by atoms with Crippen molar-refractivity contribution in [2.45, 2.75) is 38.0 Å². The van der Waals surface area contributed by atoms with Crippen molar-refractivity contribution in [3.05, 3.63) is 40.6 Å². The number of anilines is 1. The minimum absolute atomic E-state index is 0.0338. The SMILES string of the molecule is CC(C)(C)n1nnnc1SCC(=O)N(Cc1cccs1)c1ccc2c(c1)OCCO2. The molecular formula is C20H23N5O3S2. The Morgan fingerprint density at radius 1 is 1.23 bits per heavy atom. The maximum Gasteiger partial charge on any atom is 0.237 e. The Labute approximate surface area is 183 Å². The number of fused-ring (bicyclic) bond motifs is 1. The van der Waals surface area contributed by atoms with Crippen LogP contribution in [0.3, 0.4) is 0 Å². The normalized spacial score (nSPS) is 13.3. The van der Waals surface area contributed by atoms with Crippen LogP contribution < -0.4 is 14.4 Å². The van der Waals surface area contributed by atoms with Crippen molar-refractivity contribution in [3.8, 4) is 11.5 Å². The summed E-state index contributed by atoms with van der Waals surface area (Å²) < 4.78 is 13.1. The van der Waals surface area contributed by atoms with Crippen molar-refractivity contribution < 1.29 is 14.3 Å². The molecule has 1 amide bonds. The number of tetrazole rings is 1. The minimum atomic E-state index is -0.263. The first-order chi connectivity index (χ1) is 14.4. The Kier molecular flexibility index (Phi) is 5.96. The van der Waals surface area contributed by atoms with E-state index in [2.05, 4.69) is 15.5 Å². The Morgan fingerprint density at radius 2 is 2.03 bits per heavy atom. The molecule has 158 valence electrons. The number of aromatic nitrogens is 4. The zero-order valence-corrected chi connectivity index (χ0v) is 18.7. The van der Waals surface area contributed by atoms with E-state index in [-0.39, 0.29) is 17.2 Å². The van der Waals surface area contributed by atoms with Crippen molar-refractivity contribution in [1.29, 1.82) is 0 Å². The van der Waals surface area contributed by atoms with Gasteiger partial charge in [0.25, 0.3) is 0 Å². The number of amides is 1. The van der Waals surface area contributed by atoms with Gasteiger partial charge in [0.05, 0.1) is 17.8 Å². The van der Waals surface area contributed by atoms with Crippen LogP contribution in [0.4, 0.5) is 5.69 Å². The summed E-state index contributed by atoms with van der Waals surface area (Å²) in [7, 11) is 0. The first kappa shape index (κ1) is 20.7. The highest BCUT2D eigenvalue weighted by molar-refractivity contribution is 7.99. The van der Waals surface area contributed by atoms with Crippen molar-refractivity contribution in [2.75, 3.05) is 23.9 Å². The van der Waals surface area contributed by atoms with Gasteiger partial charge < -0.3 is 14.4 Å². The second-order valence-corrected chi connectivity index (χ2v) is 9.69. The number of hydrogen-bond acceptors (Lipinski definition) is 8. The molecule has 2 aromatic heterocycles. The van der Waals surface area contributed by atoms with E-state index in [1.54, 1.807) is 20.9 Å². The van der Waals surface area contributed by atoms with Crippen molar-refractivity contribution in [2.24, 2.45) is 0 Å². The fraction of sp³-hybridized carbons (Fsp3) is 0.400. The van der Waals surface area contributed by atoms with E-state index < -0.39 is 0 Å². The number of benzene rings is 1. The van der Waals surface area contributed by atoms with Crippen LogP contribution in [0.15, 0.2) is 40.9 Å². The van der Waals surface area contributed by atoms with Gasteiger partial charge >= 0.3 is 0 Å². The molecule has 0 bridgehead atoms. The molecule has 0 N–H and O–H groups in total. The Bertz CT molecular complexity index is 1010. The first-order valence-corrected chi connectivity index (χ1v) is 11.4. The number of hydrogen-bond donors (Lipinski definition) is 0. The molecule has 0 radical (unpaired) electrons.